The molecule has 0 aliphatic carbocycles. The zero-order valence-corrected chi connectivity index (χ0v) is 17.9. The quantitative estimate of drug-likeness (QED) is 0.660. The fourth-order valence-electron chi connectivity index (χ4n) is 3.14. The van der Waals surface area contributed by atoms with E-state index < -0.39 is 5.97 Å². The van der Waals surface area contributed by atoms with Crippen LogP contribution in [0.1, 0.15) is 39.2 Å². The maximum Gasteiger partial charge on any atom is 0.337 e. The van der Waals surface area contributed by atoms with Crippen LogP contribution in [0.4, 0.5) is 0 Å². The van der Waals surface area contributed by atoms with E-state index in [1.54, 1.807) is 13.8 Å². The predicted molar refractivity (Wildman–Crippen MR) is 111 cm³/mol. The Morgan fingerprint density at radius 2 is 2.19 bits per heavy atom. The summed E-state index contributed by atoms with van der Waals surface area (Å²) in [6.45, 7) is 5.91. The number of aromatic nitrogens is 1. The topological polar surface area (TPSA) is 60.7 Å². The number of halogens is 1. The number of hydrogen-bond acceptors (Lipinski definition) is 5. The lowest BCUT2D eigenvalue weighted by molar-refractivity contribution is -0.138. The van der Waals surface area contributed by atoms with E-state index in [4.69, 9.17) is 9.73 Å². The van der Waals surface area contributed by atoms with Gasteiger partial charge >= 0.3 is 5.97 Å². The van der Waals surface area contributed by atoms with Crippen LogP contribution in [0.25, 0.3) is 11.8 Å². The molecule has 0 saturated heterocycles. The van der Waals surface area contributed by atoms with E-state index in [9.17, 15) is 9.59 Å². The molecule has 0 saturated carbocycles. The van der Waals surface area contributed by atoms with Gasteiger partial charge in [0.1, 0.15) is 0 Å². The third-order valence-corrected chi connectivity index (χ3v) is 5.81. The van der Waals surface area contributed by atoms with Crippen molar-refractivity contribution in [3.05, 3.63) is 59.6 Å². The van der Waals surface area contributed by atoms with Crippen LogP contribution in [-0.2, 0) is 9.53 Å². The molecule has 0 bridgehead atoms. The Morgan fingerprint density at radius 1 is 1.41 bits per heavy atom. The molecule has 0 unspecified atom stereocenters. The fourth-order valence-corrected chi connectivity index (χ4v) is 4.62. The predicted octanol–water partition coefficient (Wildman–Crippen LogP) is 3.10. The summed E-state index contributed by atoms with van der Waals surface area (Å²) in [4.78, 5) is 30.8. The van der Waals surface area contributed by atoms with Crippen molar-refractivity contribution in [2.75, 3.05) is 6.61 Å². The van der Waals surface area contributed by atoms with Crippen LogP contribution in [0, 0.1) is 0 Å². The maximum atomic E-state index is 13.0. The van der Waals surface area contributed by atoms with Gasteiger partial charge in [0, 0.05) is 10.2 Å². The lowest BCUT2D eigenvalue weighted by atomic mass is 10.00. The first kappa shape index (κ1) is 19.8. The van der Waals surface area contributed by atoms with Gasteiger partial charge in [-0.05, 0) is 44.0 Å². The molecule has 1 atom stereocenters. The Balaban J connectivity index is 2.20. The molecule has 1 aromatic carbocycles. The van der Waals surface area contributed by atoms with Crippen molar-refractivity contribution in [3.63, 3.8) is 0 Å². The summed E-state index contributed by atoms with van der Waals surface area (Å²) in [6.07, 6.45) is 3.48. The van der Waals surface area contributed by atoms with Crippen LogP contribution in [0.3, 0.4) is 0 Å². The highest BCUT2D eigenvalue weighted by Crippen LogP contribution is 2.23. The number of thiazole rings is 1. The van der Waals surface area contributed by atoms with E-state index in [0.29, 0.717) is 27.2 Å². The Labute approximate surface area is 169 Å². The number of carbonyl (C=O) groups excluding carboxylic acids is 1. The van der Waals surface area contributed by atoms with Crippen LogP contribution < -0.4 is 14.9 Å². The van der Waals surface area contributed by atoms with Gasteiger partial charge < -0.3 is 4.74 Å². The zero-order chi connectivity index (χ0) is 19.6. The minimum absolute atomic E-state index is 0.159. The standard InChI is InChI=1S/C20H21BrN2O3S/c1-4-7-15-17(19(25)26-5-2)12(3)23-18(24)16(27-20(23)22-15)11-13-8-6-9-14(21)10-13/h6,8-11,15H,4-5,7H2,1-3H3/b16-11-/t15-/m0/s1. The number of nitrogens with zero attached hydrogens (tertiary/aromatic N) is 2. The van der Waals surface area contributed by atoms with Gasteiger partial charge in [-0.1, -0.05) is 52.7 Å². The van der Waals surface area contributed by atoms with Gasteiger partial charge in [0.15, 0.2) is 4.80 Å². The van der Waals surface area contributed by atoms with E-state index in [0.717, 1.165) is 22.9 Å². The Hall–Kier alpha value is -1.99. The Morgan fingerprint density at radius 3 is 2.85 bits per heavy atom. The molecule has 0 fully saturated rings. The highest BCUT2D eigenvalue weighted by molar-refractivity contribution is 9.10. The lowest BCUT2D eigenvalue weighted by Crippen LogP contribution is -2.37. The normalized spacial score (nSPS) is 16.9. The molecule has 5 nitrogen and oxygen atoms in total. The summed E-state index contributed by atoms with van der Waals surface area (Å²) in [5.41, 5.74) is 1.87. The third-order valence-electron chi connectivity index (χ3n) is 4.33. The van der Waals surface area contributed by atoms with Gasteiger partial charge in [0.2, 0.25) is 0 Å². The zero-order valence-electron chi connectivity index (χ0n) is 15.5. The molecule has 7 heteroatoms. The number of fused-ring (bicyclic) bond motifs is 1. The Kier molecular flexibility index (Phi) is 6.11. The molecule has 2 aromatic rings. The van der Waals surface area contributed by atoms with Gasteiger partial charge in [-0.25, -0.2) is 9.79 Å². The number of rotatable bonds is 5. The van der Waals surface area contributed by atoms with Crippen LogP contribution in [-0.4, -0.2) is 23.2 Å². The molecule has 0 radical (unpaired) electrons. The number of allylic oxidation sites excluding steroid dienone is 1. The monoisotopic (exact) mass is 448 g/mol. The second-order valence-electron chi connectivity index (χ2n) is 6.24. The molecule has 0 N–H and O–H groups in total. The molecule has 27 heavy (non-hydrogen) atoms. The minimum atomic E-state index is -0.390. The van der Waals surface area contributed by atoms with Crippen LogP contribution >= 0.6 is 27.3 Å². The molecule has 142 valence electrons. The maximum absolute atomic E-state index is 13.0. The first-order valence-corrected chi connectivity index (χ1v) is 10.5. The van der Waals surface area contributed by atoms with Crippen molar-refractivity contribution in [2.45, 2.75) is 39.7 Å². The van der Waals surface area contributed by atoms with Gasteiger partial charge in [-0.2, -0.15) is 0 Å². The smallest absolute Gasteiger partial charge is 0.337 e. The average Bonchev–Trinajstić information content (AvgIpc) is 2.91. The first-order chi connectivity index (χ1) is 13.0. The summed E-state index contributed by atoms with van der Waals surface area (Å²) >= 11 is 4.80. The lowest BCUT2D eigenvalue weighted by Gasteiger charge is -2.21. The molecule has 0 amide bonds. The van der Waals surface area contributed by atoms with Gasteiger partial charge in [-0.3, -0.25) is 9.36 Å². The summed E-state index contributed by atoms with van der Waals surface area (Å²) < 4.78 is 8.29. The molecule has 0 spiro atoms. The second-order valence-corrected chi connectivity index (χ2v) is 8.17. The van der Waals surface area contributed by atoms with Crippen LogP contribution in [0.15, 0.2) is 44.1 Å². The van der Waals surface area contributed by atoms with Crippen molar-refractivity contribution in [1.29, 1.82) is 0 Å². The second kappa shape index (κ2) is 8.35. The fraction of sp³-hybridized carbons (Fsp3) is 0.350. The molecule has 2 heterocycles. The van der Waals surface area contributed by atoms with Crippen molar-refractivity contribution in [3.8, 4) is 0 Å². The number of ether oxygens (including phenoxy) is 1. The molecule has 3 rings (SSSR count). The number of carbonyl (C=O) groups is 1. The molecular weight excluding hydrogens is 428 g/mol. The molecule has 1 aliphatic rings. The largest absolute Gasteiger partial charge is 0.463 e. The van der Waals surface area contributed by atoms with E-state index in [1.807, 2.05) is 30.3 Å². The molecular formula is C20H21BrN2O3S. The van der Waals surface area contributed by atoms with Gasteiger partial charge in [-0.15, -0.1) is 0 Å². The average molecular weight is 449 g/mol. The minimum Gasteiger partial charge on any atom is -0.463 e. The summed E-state index contributed by atoms with van der Waals surface area (Å²) in [7, 11) is 0. The highest BCUT2D eigenvalue weighted by atomic mass is 79.9. The van der Waals surface area contributed by atoms with E-state index >= 15 is 0 Å². The Bertz CT molecular complexity index is 1080. The van der Waals surface area contributed by atoms with Crippen molar-refractivity contribution in [1.82, 2.24) is 4.57 Å². The van der Waals surface area contributed by atoms with E-state index in [-0.39, 0.29) is 11.6 Å². The summed E-state index contributed by atoms with van der Waals surface area (Å²) in [5.74, 6) is -0.390. The summed E-state index contributed by atoms with van der Waals surface area (Å²) in [5, 5.41) is 0. The number of benzene rings is 1. The van der Waals surface area contributed by atoms with Crippen LogP contribution in [0.5, 0.6) is 0 Å². The summed E-state index contributed by atoms with van der Waals surface area (Å²) in [6, 6.07) is 7.48. The molecule has 1 aliphatic heterocycles. The van der Waals surface area contributed by atoms with E-state index in [1.165, 1.54) is 15.9 Å². The van der Waals surface area contributed by atoms with Crippen molar-refractivity contribution in [2.24, 2.45) is 4.99 Å². The van der Waals surface area contributed by atoms with Gasteiger partial charge in [0.05, 0.1) is 22.8 Å². The van der Waals surface area contributed by atoms with Crippen molar-refractivity contribution >= 4 is 45.0 Å². The highest BCUT2D eigenvalue weighted by Gasteiger charge is 2.29. The van der Waals surface area contributed by atoms with Crippen molar-refractivity contribution < 1.29 is 9.53 Å². The third kappa shape index (κ3) is 3.99. The van der Waals surface area contributed by atoms with E-state index in [2.05, 4.69) is 22.9 Å². The number of hydrogen-bond donors (Lipinski definition) is 0. The SMILES string of the molecule is CCC[C@@H]1N=c2s/c(=C\c3cccc(Br)c3)c(=O)n2C(C)=C1C(=O)OCC. The van der Waals surface area contributed by atoms with Gasteiger partial charge in [0.25, 0.3) is 5.56 Å². The van der Waals surface area contributed by atoms with Crippen LogP contribution in [0.2, 0.25) is 0 Å². The first-order valence-electron chi connectivity index (χ1n) is 8.91. The number of esters is 1. The molecule has 1 aromatic heterocycles.